The van der Waals surface area contributed by atoms with Gasteiger partial charge in [-0.25, -0.2) is 0 Å². The molecule has 1 radical (unpaired) electrons. The molecule has 0 spiro atoms. The Labute approximate surface area is 299 Å². The molecule has 4 unspecified atom stereocenters. The van der Waals surface area contributed by atoms with E-state index in [1.807, 2.05) is 0 Å². The lowest BCUT2D eigenvalue weighted by Crippen LogP contribution is -2.28. The molecule has 51 heavy (non-hydrogen) atoms. The maximum absolute atomic E-state index is 6.62. The van der Waals surface area contributed by atoms with Gasteiger partial charge in [-0.05, 0) is 82.8 Å². The second-order valence-electron chi connectivity index (χ2n) is 14.5. The van der Waals surface area contributed by atoms with Gasteiger partial charge in [-0.15, -0.1) is 0 Å². The average molecular weight is 675 g/mol. The topological polar surface area (TPSA) is 25.6 Å². The van der Waals surface area contributed by atoms with E-state index in [-0.39, 0.29) is 12.0 Å². The molecule has 4 atom stereocenters. The van der Waals surface area contributed by atoms with Gasteiger partial charge in [0.15, 0.2) is 0 Å². The lowest BCUT2D eigenvalue weighted by molar-refractivity contribution is 0.269. The Bertz CT molecular complexity index is 2630. The number of benzene rings is 5. The van der Waals surface area contributed by atoms with Crippen molar-refractivity contribution in [3.63, 3.8) is 0 Å². The molecule has 0 saturated carbocycles. The average Bonchev–Trinajstić information content (AvgIpc) is 3.84. The van der Waals surface area contributed by atoms with Gasteiger partial charge in [-0.3, -0.25) is 0 Å². The summed E-state index contributed by atoms with van der Waals surface area (Å²) in [4.78, 5) is 2.55. The van der Waals surface area contributed by atoms with E-state index in [4.69, 9.17) is 9.15 Å². The van der Waals surface area contributed by atoms with E-state index in [9.17, 15) is 0 Å². The normalized spacial score (nSPS) is 23.0. The van der Waals surface area contributed by atoms with Gasteiger partial charge in [-0.1, -0.05) is 121 Å². The summed E-state index contributed by atoms with van der Waals surface area (Å²) in [6.45, 7) is 2.50. The van der Waals surface area contributed by atoms with Crippen LogP contribution in [0, 0.1) is 0 Å². The summed E-state index contributed by atoms with van der Waals surface area (Å²) < 4.78 is 13.0. The second-order valence-corrected chi connectivity index (χ2v) is 17.1. The maximum Gasteiger partial charge on any atom is 0.139 e. The van der Waals surface area contributed by atoms with Crippen LogP contribution in [-0.2, 0) is 0 Å². The summed E-state index contributed by atoms with van der Waals surface area (Å²) in [7, 11) is -0.900. The van der Waals surface area contributed by atoms with Crippen LogP contribution < -0.4 is 14.8 Å². The fourth-order valence-electron chi connectivity index (χ4n) is 9.33. The second kappa shape index (κ2) is 11.2. The van der Waals surface area contributed by atoms with E-state index < -0.39 is 8.80 Å². The van der Waals surface area contributed by atoms with Crippen molar-refractivity contribution in [3.05, 3.63) is 180 Å². The van der Waals surface area contributed by atoms with Crippen molar-refractivity contribution >= 4 is 58.0 Å². The van der Waals surface area contributed by atoms with E-state index in [2.05, 4.69) is 163 Å². The van der Waals surface area contributed by atoms with Gasteiger partial charge in [0.05, 0.1) is 8.80 Å². The minimum absolute atomic E-state index is 0.0652. The van der Waals surface area contributed by atoms with E-state index in [0.717, 1.165) is 29.8 Å². The van der Waals surface area contributed by atoms with Crippen LogP contribution in [0.25, 0.3) is 38.3 Å². The summed E-state index contributed by atoms with van der Waals surface area (Å²) in [5.41, 5.74) is 11.5. The zero-order chi connectivity index (χ0) is 33.6. The summed E-state index contributed by atoms with van der Waals surface area (Å²) in [5.74, 6) is 1.54. The molecular formula is C47H36NO2Si. The number of allylic oxidation sites excluding steroid dienone is 9. The molecule has 1 aromatic heterocycles. The molecule has 0 fully saturated rings. The van der Waals surface area contributed by atoms with Crippen molar-refractivity contribution in [2.24, 2.45) is 0 Å². The molecule has 0 N–H and O–H groups in total. The molecular weight excluding hydrogens is 639 g/mol. The lowest BCUT2D eigenvalue weighted by Gasteiger charge is -2.34. The largest absolute Gasteiger partial charge is 0.485 e. The first-order valence-electron chi connectivity index (χ1n) is 18.2. The zero-order valence-corrected chi connectivity index (χ0v) is 29.4. The van der Waals surface area contributed by atoms with Gasteiger partial charge in [0.1, 0.15) is 23.0 Å². The fraction of sp³-hybridized carbons (Fsp3) is 0.149. The highest BCUT2D eigenvalue weighted by atomic mass is 28.3. The van der Waals surface area contributed by atoms with Crippen LogP contribution in [0.1, 0.15) is 41.4 Å². The van der Waals surface area contributed by atoms with Gasteiger partial charge in [-0.2, -0.15) is 0 Å². The van der Waals surface area contributed by atoms with Gasteiger partial charge >= 0.3 is 0 Å². The number of anilines is 1. The number of hydrogen-bond acceptors (Lipinski definition) is 3. The molecule has 0 saturated heterocycles. The first-order valence-corrected chi connectivity index (χ1v) is 20.3. The minimum Gasteiger partial charge on any atom is -0.485 e. The van der Waals surface area contributed by atoms with Gasteiger partial charge in [0.2, 0.25) is 0 Å². The van der Waals surface area contributed by atoms with Crippen molar-refractivity contribution in [2.45, 2.75) is 42.9 Å². The zero-order valence-electron chi connectivity index (χ0n) is 28.4. The fourth-order valence-corrected chi connectivity index (χ4v) is 12.0. The van der Waals surface area contributed by atoms with Gasteiger partial charge in [0.25, 0.3) is 0 Å². The molecule has 6 aromatic rings. The highest BCUT2D eigenvalue weighted by molar-refractivity contribution is 6.76. The van der Waals surface area contributed by atoms with Crippen LogP contribution in [0.15, 0.2) is 168 Å². The van der Waals surface area contributed by atoms with Crippen LogP contribution in [0.3, 0.4) is 0 Å². The molecule has 5 aromatic carbocycles. The van der Waals surface area contributed by atoms with Gasteiger partial charge in [0, 0.05) is 50.8 Å². The molecule has 11 rings (SSSR count). The minimum atomic E-state index is -0.900. The number of furan rings is 1. The first-order chi connectivity index (χ1) is 25.2. The third-order valence-corrected chi connectivity index (χ3v) is 14.6. The first kappa shape index (κ1) is 29.2. The number of fused-ring (bicyclic) bond motifs is 11. The Morgan fingerprint density at radius 2 is 1.65 bits per heavy atom. The molecule has 2 aliphatic heterocycles. The summed E-state index contributed by atoms with van der Waals surface area (Å²) >= 11 is 0. The van der Waals surface area contributed by atoms with Crippen LogP contribution >= 0.6 is 0 Å². The van der Waals surface area contributed by atoms with Crippen LogP contribution in [0.4, 0.5) is 5.69 Å². The predicted octanol–water partition coefficient (Wildman–Crippen LogP) is 11.2. The molecule has 0 amide bonds. The smallest absolute Gasteiger partial charge is 0.139 e. The molecule has 245 valence electrons. The number of para-hydroxylation sites is 1. The highest BCUT2D eigenvalue weighted by Gasteiger charge is 2.42. The molecule has 5 aliphatic rings. The number of hydrogen-bond donors (Lipinski definition) is 0. The van der Waals surface area contributed by atoms with Crippen molar-refractivity contribution < 1.29 is 9.15 Å². The molecule has 3 nitrogen and oxygen atoms in total. The Kier molecular flexibility index (Phi) is 6.41. The standard InChI is InChI=1S/C47H36NO2Si/c1-51-44-25-23-38-36-15-4-7-19-42(36)50-47(38)46(44)39-22-20-33(28-45(39)51)48(32-21-24-43-40(27-32)37-16-5-6-18-41(37)49-43)31-13-8-12-30(26-31)35-17-9-11-29-10-2-3-14-34(29)35/h2-7,9-12,14-28,37,39,41,45H,8,13H2,1H3. The van der Waals surface area contributed by atoms with Crippen molar-refractivity contribution in [2.75, 3.05) is 4.90 Å². The number of nitrogens with zero attached hydrogens (tertiary/aromatic N) is 1. The number of rotatable bonds is 4. The van der Waals surface area contributed by atoms with Crippen LogP contribution in [0.2, 0.25) is 12.1 Å². The molecule has 0 bridgehead atoms. The predicted molar refractivity (Wildman–Crippen MR) is 212 cm³/mol. The number of ether oxygens (including phenoxy) is 1. The van der Waals surface area contributed by atoms with E-state index in [0.29, 0.717) is 11.5 Å². The van der Waals surface area contributed by atoms with E-state index in [1.165, 1.54) is 66.1 Å². The van der Waals surface area contributed by atoms with Crippen molar-refractivity contribution in [1.29, 1.82) is 0 Å². The Balaban J connectivity index is 1.04. The molecule has 3 aliphatic carbocycles. The van der Waals surface area contributed by atoms with Crippen LogP contribution in [-0.4, -0.2) is 14.9 Å². The monoisotopic (exact) mass is 674 g/mol. The Morgan fingerprint density at radius 1 is 0.784 bits per heavy atom. The van der Waals surface area contributed by atoms with E-state index >= 15 is 0 Å². The maximum atomic E-state index is 6.62. The molecule has 4 heteroatoms. The third-order valence-electron chi connectivity index (χ3n) is 11.7. The SMILES string of the molecule is C[Si]1c2ccc3c(oc4ccccc43)c2C2C=CC(N(C3=CC(c4cccc5ccccc45)=CCC3)c3ccc4c(c3)C3C=CC=CC3O4)=CC21. The lowest BCUT2D eigenvalue weighted by atomic mass is 9.89. The van der Waals surface area contributed by atoms with Crippen LogP contribution in [0.5, 0.6) is 5.75 Å². The van der Waals surface area contributed by atoms with Crippen molar-refractivity contribution in [3.8, 4) is 5.75 Å². The summed E-state index contributed by atoms with van der Waals surface area (Å²) in [5, 5.41) is 6.51. The third kappa shape index (κ3) is 4.42. The Morgan fingerprint density at radius 3 is 2.61 bits per heavy atom. The summed E-state index contributed by atoms with van der Waals surface area (Å²) in [6, 6.07) is 35.4. The van der Waals surface area contributed by atoms with Gasteiger partial charge < -0.3 is 14.1 Å². The van der Waals surface area contributed by atoms with E-state index in [1.54, 1.807) is 0 Å². The Hall–Kier alpha value is -5.58. The molecule has 3 heterocycles. The summed E-state index contributed by atoms with van der Waals surface area (Å²) in [6.07, 6.45) is 23.1. The highest BCUT2D eigenvalue weighted by Crippen LogP contribution is 2.50. The van der Waals surface area contributed by atoms with Crippen molar-refractivity contribution in [1.82, 2.24) is 0 Å². The quantitative estimate of drug-likeness (QED) is 0.174.